The van der Waals surface area contributed by atoms with Crippen molar-refractivity contribution in [2.45, 2.75) is 38.0 Å². The summed E-state index contributed by atoms with van der Waals surface area (Å²) in [6.07, 6.45) is 1.58. The van der Waals surface area contributed by atoms with Crippen molar-refractivity contribution >= 4 is 23.4 Å². The average molecular weight is 449 g/mol. The highest BCUT2D eigenvalue weighted by atomic mass is 32.2. The van der Waals surface area contributed by atoms with Crippen molar-refractivity contribution in [1.29, 1.82) is 0 Å². The average Bonchev–Trinajstić information content (AvgIpc) is 3.36. The van der Waals surface area contributed by atoms with Crippen molar-refractivity contribution in [1.82, 2.24) is 24.3 Å². The first-order valence-electron chi connectivity index (χ1n) is 9.56. The van der Waals surface area contributed by atoms with E-state index in [1.807, 2.05) is 24.5 Å². The molecule has 0 saturated carbocycles. The number of nitrogen functional groups attached to an aromatic ring is 1. The number of nitrogens with one attached hydrogen (secondary N) is 1. The van der Waals surface area contributed by atoms with Gasteiger partial charge in [-0.3, -0.25) is 23.7 Å². The number of aromatic amines is 1. The van der Waals surface area contributed by atoms with E-state index in [9.17, 15) is 14.4 Å². The SMILES string of the molecule is COCCn1c(N)c(C(=O)CSc2nnc(C(C)C)n2Cc2ccco2)c(=O)[nH]c1=O. The third-order valence-corrected chi connectivity index (χ3v) is 5.49. The fraction of sp³-hybridized carbons (Fsp3) is 0.421. The van der Waals surface area contributed by atoms with Gasteiger partial charge in [0.15, 0.2) is 10.9 Å². The first-order valence-corrected chi connectivity index (χ1v) is 10.5. The molecular formula is C19H24N6O5S. The number of anilines is 1. The molecule has 3 aromatic rings. The highest BCUT2D eigenvalue weighted by Crippen LogP contribution is 2.24. The minimum Gasteiger partial charge on any atom is -0.467 e. The normalized spacial score (nSPS) is 11.4. The zero-order valence-electron chi connectivity index (χ0n) is 17.5. The van der Waals surface area contributed by atoms with Crippen LogP contribution in [-0.4, -0.2) is 49.6 Å². The summed E-state index contributed by atoms with van der Waals surface area (Å²) in [6.45, 7) is 4.71. The second-order valence-electron chi connectivity index (χ2n) is 7.04. The summed E-state index contributed by atoms with van der Waals surface area (Å²) >= 11 is 1.13. The molecule has 0 atom stereocenters. The predicted molar refractivity (Wildman–Crippen MR) is 115 cm³/mol. The Labute approximate surface area is 181 Å². The minimum atomic E-state index is -0.818. The molecule has 12 heteroatoms. The number of methoxy groups -OCH3 is 1. The van der Waals surface area contributed by atoms with E-state index >= 15 is 0 Å². The lowest BCUT2D eigenvalue weighted by atomic mass is 10.2. The summed E-state index contributed by atoms with van der Waals surface area (Å²) in [5.41, 5.74) is 4.20. The van der Waals surface area contributed by atoms with Gasteiger partial charge in [-0.2, -0.15) is 0 Å². The topological polar surface area (TPSA) is 151 Å². The van der Waals surface area contributed by atoms with Gasteiger partial charge in [0.1, 0.15) is 23.0 Å². The first-order chi connectivity index (χ1) is 14.8. The number of carbonyl (C=O) groups excluding carboxylic acids is 1. The van der Waals surface area contributed by atoms with Gasteiger partial charge in [0.05, 0.1) is 31.7 Å². The van der Waals surface area contributed by atoms with Crippen molar-refractivity contribution in [2.75, 3.05) is 25.2 Å². The smallest absolute Gasteiger partial charge is 0.330 e. The molecular weight excluding hydrogens is 424 g/mol. The van der Waals surface area contributed by atoms with Crippen LogP contribution in [0.1, 0.15) is 41.7 Å². The van der Waals surface area contributed by atoms with Crippen LogP contribution >= 0.6 is 11.8 Å². The van der Waals surface area contributed by atoms with Crippen LogP contribution in [0.3, 0.4) is 0 Å². The second-order valence-corrected chi connectivity index (χ2v) is 7.98. The molecule has 3 aromatic heterocycles. The number of ether oxygens (including phenoxy) is 1. The lowest BCUT2D eigenvalue weighted by Gasteiger charge is -2.12. The maximum absolute atomic E-state index is 12.8. The molecule has 0 unspecified atom stereocenters. The molecule has 0 aliphatic rings. The van der Waals surface area contributed by atoms with Gasteiger partial charge in [0, 0.05) is 13.0 Å². The van der Waals surface area contributed by atoms with Crippen molar-refractivity contribution in [2.24, 2.45) is 0 Å². The number of nitrogens with two attached hydrogens (primary N) is 1. The fourth-order valence-corrected chi connectivity index (χ4v) is 3.82. The van der Waals surface area contributed by atoms with E-state index < -0.39 is 17.0 Å². The predicted octanol–water partition coefficient (Wildman–Crippen LogP) is 1.10. The van der Waals surface area contributed by atoms with Crippen LogP contribution in [0.5, 0.6) is 0 Å². The molecule has 3 heterocycles. The number of carbonyl (C=O) groups is 1. The Balaban J connectivity index is 1.84. The molecule has 11 nitrogen and oxygen atoms in total. The summed E-state index contributed by atoms with van der Waals surface area (Å²) in [6, 6.07) is 3.63. The number of hydrogen-bond donors (Lipinski definition) is 2. The molecule has 0 aliphatic heterocycles. The van der Waals surface area contributed by atoms with Crippen molar-refractivity contribution < 1.29 is 13.9 Å². The lowest BCUT2D eigenvalue weighted by molar-refractivity contribution is 0.102. The summed E-state index contributed by atoms with van der Waals surface area (Å²) in [7, 11) is 1.47. The van der Waals surface area contributed by atoms with Crippen LogP contribution in [0.4, 0.5) is 5.82 Å². The number of rotatable bonds is 10. The molecule has 0 radical (unpaired) electrons. The zero-order valence-corrected chi connectivity index (χ0v) is 18.3. The molecule has 0 spiro atoms. The molecule has 0 amide bonds. The van der Waals surface area contributed by atoms with Crippen LogP contribution < -0.4 is 17.0 Å². The molecule has 166 valence electrons. The van der Waals surface area contributed by atoms with Crippen LogP contribution in [0.25, 0.3) is 0 Å². The summed E-state index contributed by atoms with van der Waals surface area (Å²) in [4.78, 5) is 39.2. The molecule has 3 N–H and O–H groups in total. The standard InChI is InChI=1S/C19H24N6O5S/c1-11(2)16-22-23-19(25(16)9-12-5-4-7-30-12)31-10-13(26)14-15(20)24(6-8-29-3)18(28)21-17(14)27/h4-5,7,11H,6,8-10,20H2,1-3H3,(H,21,27,28). The van der Waals surface area contributed by atoms with Crippen LogP contribution in [0.15, 0.2) is 37.6 Å². The van der Waals surface area contributed by atoms with E-state index in [-0.39, 0.29) is 36.2 Å². The van der Waals surface area contributed by atoms with Gasteiger partial charge in [-0.25, -0.2) is 4.79 Å². The molecule has 0 aromatic carbocycles. The number of hydrogen-bond acceptors (Lipinski definition) is 9. The van der Waals surface area contributed by atoms with Crippen molar-refractivity contribution in [3.63, 3.8) is 0 Å². The molecule has 0 fully saturated rings. The van der Waals surface area contributed by atoms with Crippen LogP contribution in [-0.2, 0) is 17.8 Å². The van der Waals surface area contributed by atoms with Crippen LogP contribution in [0, 0.1) is 0 Å². The van der Waals surface area contributed by atoms with E-state index in [2.05, 4.69) is 15.2 Å². The lowest BCUT2D eigenvalue weighted by Crippen LogP contribution is -2.37. The number of thioether (sulfide) groups is 1. The van der Waals surface area contributed by atoms with Gasteiger partial charge in [-0.1, -0.05) is 25.6 Å². The molecule has 0 saturated heterocycles. The van der Waals surface area contributed by atoms with E-state index in [0.29, 0.717) is 11.7 Å². The highest BCUT2D eigenvalue weighted by molar-refractivity contribution is 7.99. The third-order valence-electron chi connectivity index (χ3n) is 4.53. The Morgan fingerprint density at radius 1 is 1.32 bits per heavy atom. The minimum absolute atomic E-state index is 0.107. The maximum atomic E-state index is 12.8. The number of Topliss-reactive ketones (excluding diaryl/α,β-unsaturated/α-hetero) is 1. The molecule has 3 rings (SSSR count). The molecule has 0 bridgehead atoms. The summed E-state index contributed by atoms with van der Waals surface area (Å²) in [5.74, 6) is 0.766. The monoisotopic (exact) mass is 448 g/mol. The van der Waals surface area contributed by atoms with Gasteiger partial charge in [-0.15, -0.1) is 10.2 Å². The Morgan fingerprint density at radius 2 is 2.10 bits per heavy atom. The summed E-state index contributed by atoms with van der Waals surface area (Å²) in [5, 5.41) is 8.93. The largest absolute Gasteiger partial charge is 0.467 e. The number of H-pyrrole nitrogens is 1. The van der Waals surface area contributed by atoms with Gasteiger partial charge in [-0.05, 0) is 12.1 Å². The van der Waals surface area contributed by atoms with Gasteiger partial charge >= 0.3 is 5.69 Å². The quantitative estimate of drug-likeness (QED) is 0.343. The Hall–Kier alpha value is -3.12. The number of furan rings is 1. The number of aromatic nitrogens is 5. The van der Waals surface area contributed by atoms with Crippen molar-refractivity contribution in [3.05, 3.63) is 56.4 Å². The Bertz CT molecular complexity index is 1160. The fourth-order valence-electron chi connectivity index (χ4n) is 3.00. The van der Waals surface area contributed by atoms with Gasteiger partial charge < -0.3 is 14.9 Å². The van der Waals surface area contributed by atoms with E-state index in [1.165, 1.54) is 7.11 Å². The van der Waals surface area contributed by atoms with Gasteiger partial charge in [0.2, 0.25) is 0 Å². The van der Waals surface area contributed by atoms with Gasteiger partial charge in [0.25, 0.3) is 5.56 Å². The van der Waals surface area contributed by atoms with E-state index in [0.717, 1.165) is 27.9 Å². The van der Waals surface area contributed by atoms with E-state index in [1.54, 1.807) is 12.3 Å². The number of ketones is 1. The number of nitrogens with zero attached hydrogens (tertiary/aromatic N) is 4. The summed E-state index contributed by atoms with van der Waals surface area (Å²) < 4.78 is 13.3. The molecule has 31 heavy (non-hydrogen) atoms. The van der Waals surface area contributed by atoms with Crippen LogP contribution in [0.2, 0.25) is 0 Å². The maximum Gasteiger partial charge on any atom is 0.330 e. The molecule has 0 aliphatic carbocycles. The highest BCUT2D eigenvalue weighted by Gasteiger charge is 2.22. The Kier molecular flexibility index (Phi) is 7.13. The first kappa shape index (κ1) is 22.6. The zero-order chi connectivity index (χ0) is 22.5. The van der Waals surface area contributed by atoms with Crippen molar-refractivity contribution in [3.8, 4) is 0 Å². The second kappa shape index (κ2) is 9.79. The third kappa shape index (κ3) is 4.97. The Morgan fingerprint density at radius 3 is 2.74 bits per heavy atom. The van der Waals surface area contributed by atoms with E-state index in [4.69, 9.17) is 14.9 Å².